The molecule has 0 atom stereocenters. The molecule has 262 valence electrons. The third-order valence-electron chi connectivity index (χ3n) is 10.7. The van der Waals surface area contributed by atoms with Crippen molar-refractivity contribution in [3.05, 3.63) is 194 Å². The van der Waals surface area contributed by atoms with Gasteiger partial charge in [-0.15, -0.1) is 0 Å². The SMILES string of the molecule is c1ccc(-c2cccc(-c3nc(-c4cccc(-c5ccccc5)c4)nc(-n4c5ccc(-c6ccccc6)cc5c5ccc6c7ccccc7oc6c54)n3)c2)cc1. The minimum absolute atomic E-state index is 0.514. The Balaban J connectivity index is 1.21. The van der Waals surface area contributed by atoms with Gasteiger partial charge in [-0.05, 0) is 69.8 Å². The second-order valence-electron chi connectivity index (χ2n) is 14.0. The zero-order valence-corrected chi connectivity index (χ0v) is 30.2. The van der Waals surface area contributed by atoms with Crippen molar-refractivity contribution in [1.82, 2.24) is 19.5 Å². The fraction of sp³-hybridized carbons (Fsp3) is 0. The monoisotopic (exact) mass is 716 g/mol. The Morgan fingerprint density at radius 2 is 0.839 bits per heavy atom. The van der Waals surface area contributed by atoms with E-state index in [4.69, 9.17) is 19.4 Å². The normalized spacial score (nSPS) is 11.6. The number of benzene rings is 8. The Kier molecular flexibility index (Phi) is 7.42. The first kappa shape index (κ1) is 31.9. The summed E-state index contributed by atoms with van der Waals surface area (Å²) in [6.07, 6.45) is 0. The van der Waals surface area contributed by atoms with Crippen LogP contribution in [-0.2, 0) is 0 Å². The van der Waals surface area contributed by atoms with Gasteiger partial charge in [-0.1, -0.05) is 158 Å². The van der Waals surface area contributed by atoms with E-state index in [1.165, 1.54) is 0 Å². The second kappa shape index (κ2) is 13.0. The summed E-state index contributed by atoms with van der Waals surface area (Å²) in [5.41, 5.74) is 12.0. The van der Waals surface area contributed by atoms with Crippen molar-refractivity contribution >= 4 is 43.7 Å². The minimum atomic E-state index is 0.514. The summed E-state index contributed by atoms with van der Waals surface area (Å²) >= 11 is 0. The van der Waals surface area contributed by atoms with E-state index in [9.17, 15) is 0 Å². The molecule has 11 rings (SSSR count). The second-order valence-corrected chi connectivity index (χ2v) is 14.0. The van der Waals surface area contributed by atoms with Crippen molar-refractivity contribution < 1.29 is 4.42 Å². The van der Waals surface area contributed by atoms with E-state index >= 15 is 0 Å². The molecule has 0 unspecified atom stereocenters. The summed E-state index contributed by atoms with van der Waals surface area (Å²) in [6.45, 7) is 0. The number of rotatable bonds is 6. The first-order valence-electron chi connectivity index (χ1n) is 18.8. The molecule has 3 heterocycles. The number of para-hydroxylation sites is 1. The molecule has 56 heavy (non-hydrogen) atoms. The highest BCUT2D eigenvalue weighted by Crippen LogP contribution is 2.41. The molecule has 0 radical (unpaired) electrons. The van der Waals surface area contributed by atoms with Crippen molar-refractivity contribution in [2.75, 3.05) is 0 Å². The number of aromatic nitrogens is 4. The highest BCUT2D eigenvalue weighted by Gasteiger charge is 2.23. The summed E-state index contributed by atoms with van der Waals surface area (Å²) < 4.78 is 8.91. The molecule has 8 aromatic carbocycles. The predicted octanol–water partition coefficient (Wildman–Crippen LogP) is 13.2. The first-order chi connectivity index (χ1) is 27.7. The average Bonchev–Trinajstić information content (AvgIpc) is 3.83. The zero-order valence-electron chi connectivity index (χ0n) is 30.2. The van der Waals surface area contributed by atoms with Crippen LogP contribution in [0.15, 0.2) is 199 Å². The average molecular weight is 717 g/mol. The summed E-state index contributed by atoms with van der Waals surface area (Å²) in [7, 11) is 0. The quantitative estimate of drug-likeness (QED) is 0.172. The van der Waals surface area contributed by atoms with Crippen LogP contribution in [0.4, 0.5) is 0 Å². The maximum atomic E-state index is 6.74. The van der Waals surface area contributed by atoms with Crippen LogP contribution >= 0.6 is 0 Å². The molecule has 0 saturated carbocycles. The van der Waals surface area contributed by atoms with Gasteiger partial charge in [0, 0.05) is 32.7 Å². The highest BCUT2D eigenvalue weighted by atomic mass is 16.3. The zero-order chi connectivity index (χ0) is 37.0. The molecule has 0 fully saturated rings. The standard InChI is InChI=1S/C51H32N4O/c1-4-14-33(15-5-1)36-20-12-22-39(30-36)49-52-50(40-23-13-21-37(31-40)34-16-6-2-7-17-34)54-51(53-49)55-45-29-26-38(35-18-8-3-9-19-35)32-44(45)42-27-28-43-41-24-10-11-25-46(41)56-48(43)47(42)55/h1-32H. The van der Waals surface area contributed by atoms with Gasteiger partial charge in [-0.25, -0.2) is 4.98 Å². The smallest absolute Gasteiger partial charge is 0.238 e. The van der Waals surface area contributed by atoms with Crippen molar-refractivity contribution in [2.24, 2.45) is 0 Å². The van der Waals surface area contributed by atoms with Crippen molar-refractivity contribution in [1.29, 1.82) is 0 Å². The molecule has 0 aliphatic heterocycles. The molecule has 5 heteroatoms. The highest BCUT2D eigenvalue weighted by molar-refractivity contribution is 6.21. The van der Waals surface area contributed by atoms with Crippen LogP contribution in [0.5, 0.6) is 0 Å². The molecular formula is C51H32N4O. The molecule has 0 spiro atoms. The Bertz CT molecular complexity index is 3140. The fourth-order valence-corrected chi connectivity index (χ4v) is 7.96. The van der Waals surface area contributed by atoms with Crippen molar-refractivity contribution in [3.8, 4) is 62.1 Å². The Morgan fingerprint density at radius 1 is 0.339 bits per heavy atom. The van der Waals surface area contributed by atoms with Crippen LogP contribution in [0.2, 0.25) is 0 Å². The molecule has 0 bridgehead atoms. The fourth-order valence-electron chi connectivity index (χ4n) is 7.96. The third kappa shape index (κ3) is 5.37. The van der Waals surface area contributed by atoms with Gasteiger partial charge in [0.15, 0.2) is 17.2 Å². The van der Waals surface area contributed by atoms with E-state index in [0.29, 0.717) is 17.6 Å². The molecular weight excluding hydrogens is 685 g/mol. The van der Waals surface area contributed by atoms with Crippen molar-refractivity contribution in [2.45, 2.75) is 0 Å². The van der Waals surface area contributed by atoms with Gasteiger partial charge >= 0.3 is 0 Å². The largest absolute Gasteiger partial charge is 0.454 e. The van der Waals surface area contributed by atoms with E-state index in [0.717, 1.165) is 88.3 Å². The predicted molar refractivity (Wildman–Crippen MR) is 229 cm³/mol. The maximum absolute atomic E-state index is 6.74. The number of nitrogens with zero attached hydrogens (tertiary/aromatic N) is 4. The number of fused-ring (bicyclic) bond motifs is 7. The molecule has 3 aromatic heterocycles. The third-order valence-corrected chi connectivity index (χ3v) is 10.7. The van der Waals surface area contributed by atoms with Crippen LogP contribution in [0.1, 0.15) is 0 Å². The van der Waals surface area contributed by atoms with Gasteiger partial charge in [-0.3, -0.25) is 4.57 Å². The van der Waals surface area contributed by atoms with E-state index in [-0.39, 0.29) is 0 Å². The number of hydrogen-bond donors (Lipinski definition) is 0. The van der Waals surface area contributed by atoms with Gasteiger partial charge in [0.05, 0.1) is 5.52 Å². The van der Waals surface area contributed by atoms with Gasteiger partial charge in [-0.2, -0.15) is 9.97 Å². The lowest BCUT2D eigenvalue weighted by molar-refractivity contribution is 0.670. The van der Waals surface area contributed by atoms with Gasteiger partial charge < -0.3 is 4.42 Å². The lowest BCUT2D eigenvalue weighted by Gasteiger charge is -2.12. The van der Waals surface area contributed by atoms with Gasteiger partial charge in [0.1, 0.15) is 11.1 Å². The Morgan fingerprint density at radius 3 is 1.45 bits per heavy atom. The lowest BCUT2D eigenvalue weighted by atomic mass is 10.0. The number of furan rings is 1. The molecule has 11 aromatic rings. The van der Waals surface area contributed by atoms with E-state index in [1.54, 1.807) is 0 Å². The molecule has 0 amide bonds. The van der Waals surface area contributed by atoms with Crippen molar-refractivity contribution in [3.63, 3.8) is 0 Å². The summed E-state index contributed by atoms with van der Waals surface area (Å²) in [4.78, 5) is 15.9. The van der Waals surface area contributed by atoms with Crippen LogP contribution in [0.3, 0.4) is 0 Å². The molecule has 0 aliphatic carbocycles. The summed E-state index contributed by atoms with van der Waals surface area (Å²) in [5, 5.41) is 4.26. The van der Waals surface area contributed by atoms with E-state index < -0.39 is 0 Å². The van der Waals surface area contributed by atoms with Crippen LogP contribution in [-0.4, -0.2) is 19.5 Å². The van der Waals surface area contributed by atoms with Crippen LogP contribution < -0.4 is 0 Å². The van der Waals surface area contributed by atoms with Gasteiger partial charge in [0.25, 0.3) is 0 Å². The summed E-state index contributed by atoms with van der Waals surface area (Å²) in [6, 6.07) is 67.4. The van der Waals surface area contributed by atoms with E-state index in [1.807, 2.05) is 30.3 Å². The maximum Gasteiger partial charge on any atom is 0.238 e. The minimum Gasteiger partial charge on any atom is -0.454 e. The summed E-state index contributed by atoms with van der Waals surface area (Å²) in [5.74, 6) is 1.68. The first-order valence-corrected chi connectivity index (χ1v) is 18.8. The topological polar surface area (TPSA) is 56.7 Å². The number of hydrogen-bond acceptors (Lipinski definition) is 4. The van der Waals surface area contributed by atoms with Gasteiger partial charge in [0.2, 0.25) is 5.95 Å². The molecule has 5 nitrogen and oxygen atoms in total. The lowest BCUT2D eigenvalue weighted by Crippen LogP contribution is -2.06. The molecule has 0 N–H and O–H groups in total. The Labute approximate surface area is 322 Å². The Hall–Kier alpha value is -7.63. The van der Waals surface area contributed by atoms with Crippen LogP contribution in [0.25, 0.3) is 106 Å². The molecule has 0 saturated heterocycles. The van der Waals surface area contributed by atoms with E-state index in [2.05, 4.69) is 168 Å². The molecule has 0 aliphatic rings. The van der Waals surface area contributed by atoms with Crippen LogP contribution in [0, 0.1) is 0 Å².